The van der Waals surface area contributed by atoms with Crippen LogP contribution in [0.2, 0.25) is 5.02 Å². The van der Waals surface area contributed by atoms with E-state index >= 15 is 0 Å². The van der Waals surface area contributed by atoms with E-state index in [1.807, 2.05) is 13.8 Å². The van der Waals surface area contributed by atoms with Crippen molar-refractivity contribution in [3.8, 4) is 0 Å². The molecule has 5 nitrogen and oxygen atoms in total. The molecule has 182 valence electrons. The normalized spacial score (nSPS) is 12.1. The van der Waals surface area contributed by atoms with Gasteiger partial charge in [0.2, 0.25) is 5.91 Å². The lowest BCUT2D eigenvalue weighted by Gasteiger charge is -2.26. The molecule has 0 aromatic heterocycles. The van der Waals surface area contributed by atoms with Crippen molar-refractivity contribution >= 4 is 33.2 Å². The molecule has 0 bridgehead atoms. The molecule has 0 heterocycles. The number of nitrogens with one attached hydrogen (secondary N) is 1. The van der Waals surface area contributed by atoms with Crippen molar-refractivity contribution < 1.29 is 26.4 Å². The minimum Gasteiger partial charge on any atom is -0.354 e. The lowest BCUT2D eigenvalue weighted by molar-refractivity contribution is -0.137. The van der Waals surface area contributed by atoms with Gasteiger partial charge < -0.3 is 5.32 Å². The van der Waals surface area contributed by atoms with E-state index in [2.05, 4.69) is 5.32 Å². The summed E-state index contributed by atoms with van der Waals surface area (Å²) in [6.07, 6.45) is -1.03. The Morgan fingerprint density at radius 3 is 2.21 bits per heavy atom. The smallest absolute Gasteiger partial charge is 0.354 e. The molecular weight excluding hydrogens is 477 g/mol. The van der Waals surface area contributed by atoms with Crippen molar-refractivity contribution in [3.05, 3.63) is 59.1 Å². The van der Waals surface area contributed by atoms with Gasteiger partial charge in [0.1, 0.15) is 6.54 Å². The Bertz CT molecular complexity index is 1020. The molecule has 0 spiro atoms. The van der Waals surface area contributed by atoms with Gasteiger partial charge in [-0.15, -0.1) is 0 Å². The molecule has 0 radical (unpaired) electrons. The van der Waals surface area contributed by atoms with Crippen LogP contribution >= 0.6 is 11.6 Å². The van der Waals surface area contributed by atoms with Gasteiger partial charge in [0.05, 0.1) is 21.2 Å². The average Bonchev–Trinajstić information content (AvgIpc) is 2.76. The first-order valence-corrected chi connectivity index (χ1v) is 12.5. The van der Waals surface area contributed by atoms with Gasteiger partial charge in [0, 0.05) is 6.54 Å². The first-order valence-electron chi connectivity index (χ1n) is 10.7. The Labute approximate surface area is 198 Å². The van der Waals surface area contributed by atoms with Crippen LogP contribution in [0.15, 0.2) is 53.4 Å². The van der Waals surface area contributed by atoms with Crippen LogP contribution in [0.5, 0.6) is 0 Å². The third-order valence-electron chi connectivity index (χ3n) is 5.14. The van der Waals surface area contributed by atoms with Crippen LogP contribution < -0.4 is 9.62 Å². The predicted molar refractivity (Wildman–Crippen MR) is 124 cm³/mol. The van der Waals surface area contributed by atoms with E-state index in [1.165, 1.54) is 24.3 Å². The molecule has 0 atom stereocenters. The number of hydrogen-bond acceptors (Lipinski definition) is 3. The van der Waals surface area contributed by atoms with Crippen molar-refractivity contribution in [2.24, 2.45) is 5.92 Å². The maximum absolute atomic E-state index is 13.3. The number of hydrogen-bond donors (Lipinski definition) is 1. The Hall–Kier alpha value is -2.26. The summed E-state index contributed by atoms with van der Waals surface area (Å²) in [5.41, 5.74) is -1.48. The van der Waals surface area contributed by atoms with Crippen LogP contribution in [0.3, 0.4) is 0 Å². The number of carbonyl (C=O) groups is 1. The molecule has 0 aliphatic heterocycles. The third kappa shape index (κ3) is 7.37. The second kappa shape index (κ2) is 11.7. The van der Waals surface area contributed by atoms with Gasteiger partial charge in [0.15, 0.2) is 0 Å². The van der Waals surface area contributed by atoms with Crippen molar-refractivity contribution in [1.82, 2.24) is 5.32 Å². The first kappa shape index (κ1) is 27.0. The Morgan fingerprint density at radius 1 is 1.06 bits per heavy atom. The zero-order chi connectivity index (χ0) is 24.6. The van der Waals surface area contributed by atoms with Gasteiger partial charge in [-0.1, -0.05) is 56.5 Å². The molecule has 10 heteroatoms. The summed E-state index contributed by atoms with van der Waals surface area (Å²) < 4.78 is 67.2. The summed E-state index contributed by atoms with van der Waals surface area (Å²) >= 11 is 6.12. The molecule has 0 aliphatic rings. The van der Waals surface area contributed by atoms with Crippen molar-refractivity contribution in [3.63, 3.8) is 0 Å². The van der Waals surface area contributed by atoms with E-state index in [1.54, 1.807) is 6.07 Å². The summed E-state index contributed by atoms with van der Waals surface area (Å²) in [5, 5.41) is 2.51. The number of amides is 1. The molecule has 33 heavy (non-hydrogen) atoms. The van der Waals surface area contributed by atoms with Crippen LogP contribution in [0.1, 0.15) is 45.1 Å². The van der Waals surface area contributed by atoms with Crippen LogP contribution in [0.4, 0.5) is 18.9 Å². The van der Waals surface area contributed by atoms with Gasteiger partial charge in [0.25, 0.3) is 10.0 Å². The van der Waals surface area contributed by atoms with Crippen molar-refractivity contribution in [2.75, 3.05) is 17.4 Å². The molecule has 2 rings (SSSR count). The van der Waals surface area contributed by atoms with Crippen LogP contribution in [0, 0.1) is 5.92 Å². The summed E-state index contributed by atoms with van der Waals surface area (Å²) in [6, 6.07) is 9.57. The van der Waals surface area contributed by atoms with Gasteiger partial charge in [-0.25, -0.2) is 8.42 Å². The van der Waals surface area contributed by atoms with E-state index < -0.39 is 39.9 Å². The zero-order valence-corrected chi connectivity index (χ0v) is 20.1. The molecule has 0 saturated carbocycles. The van der Waals surface area contributed by atoms with Crippen molar-refractivity contribution in [1.29, 1.82) is 0 Å². The SMILES string of the molecule is CCCC(CCC)CNC(=O)CN(c1cc(C(F)(F)F)ccc1Cl)S(=O)(=O)c1ccccc1. The van der Waals surface area contributed by atoms with E-state index in [0.717, 1.165) is 37.8 Å². The van der Waals surface area contributed by atoms with Gasteiger partial charge in [-0.3, -0.25) is 9.10 Å². The molecule has 1 amide bonds. The zero-order valence-electron chi connectivity index (χ0n) is 18.5. The number of alkyl halides is 3. The number of benzene rings is 2. The van der Waals surface area contributed by atoms with Gasteiger partial charge >= 0.3 is 6.18 Å². The second-order valence-corrected chi connectivity index (χ2v) is 10.0. The van der Waals surface area contributed by atoms with Gasteiger partial charge in [-0.05, 0) is 49.1 Å². The number of nitrogens with zero attached hydrogens (tertiary/aromatic N) is 1. The average molecular weight is 505 g/mol. The highest BCUT2D eigenvalue weighted by Gasteiger charge is 2.34. The standard InChI is InChI=1S/C23H28ClF3N2O3S/c1-3-8-17(9-4-2)15-28-22(30)16-29(33(31,32)19-10-6-5-7-11-19)21-14-18(23(25,26)27)12-13-20(21)24/h5-7,10-14,17H,3-4,8-9,15-16H2,1-2H3,(H,28,30). The van der Waals surface area contributed by atoms with E-state index in [4.69, 9.17) is 11.6 Å². The minimum absolute atomic E-state index is 0.166. The number of anilines is 1. The fraction of sp³-hybridized carbons (Fsp3) is 0.435. The van der Waals surface area contributed by atoms with E-state index in [9.17, 15) is 26.4 Å². The number of carbonyl (C=O) groups excluding carboxylic acids is 1. The third-order valence-corrected chi connectivity index (χ3v) is 7.24. The Kier molecular flexibility index (Phi) is 9.60. The number of rotatable bonds is 11. The highest BCUT2D eigenvalue weighted by atomic mass is 35.5. The predicted octanol–water partition coefficient (Wildman–Crippen LogP) is 5.89. The maximum atomic E-state index is 13.3. The highest BCUT2D eigenvalue weighted by Crippen LogP contribution is 2.37. The van der Waals surface area contributed by atoms with Crippen molar-refractivity contribution in [2.45, 2.75) is 50.6 Å². The summed E-state index contributed by atoms with van der Waals surface area (Å²) in [7, 11) is -4.37. The Morgan fingerprint density at radius 2 is 1.67 bits per heavy atom. The highest BCUT2D eigenvalue weighted by molar-refractivity contribution is 7.92. The second-order valence-electron chi connectivity index (χ2n) is 7.74. The summed E-state index contributed by atoms with van der Waals surface area (Å²) in [6.45, 7) is 3.72. The molecule has 2 aromatic rings. The maximum Gasteiger partial charge on any atom is 0.416 e. The van der Waals surface area contributed by atoms with E-state index in [-0.39, 0.29) is 15.8 Å². The monoisotopic (exact) mass is 504 g/mol. The summed E-state index contributed by atoms with van der Waals surface area (Å²) in [4.78, 5) is 12.6. The van der Waals surface area contributed by atoms with E-state index in [0.29, 0.717) is 16.9 Å². The number of sulfonamides is 1. The van der Waals surface area contributed by atoms with Gasteiger partial charge in [-0.2, -0.15) is 13.2 Å². The van der Waals surface area contributed by atoms with Crippen LogP contribution in [-0.2, 0) is 21.0 Å². The summed E-state index contributed by atoms with van der Waals surface area (Å²) in [5.74, 6) is -0.388. The topological polar surface area (TPSA) is 66.5 Å². The molecular formula is C23H28ClF3N2O3S. The van der Waals surface area contributed by atoms with Crippen LogP contribution in [-0.4, -0.2) is 27.4 Å². The fourth-order valence-electron chi connectivity index (χ4n) is 3.51. The molecule has 1 N–H and O–H groups in total. The molecule has 0 saturated heterocycles. The molecule has 0 fully saturated rings. The molecule has 0 unspecified atom stereocenters. The lowest BCUT2D eigenvalue weighted by atomic mass is 9.98. The lowest BCUT2D eigenvalue weighted by Crippen LogP contribution is -2.42. The largest absolute Gasteiger partial charge is 0.416 e. The first-order chi connectivity index (χ1) is 15.5. The quantitative estimate of drug-likeness (QED) is 0.415. The molecule has 2 aromatic carbocycles. The minimum atomic E-state index is -4.71. The fourth-order valence-corrected chi connectivity index (χ4v) is 5.23. The number of halogens is 4. The molecule has 0 aliphatic carbocycles. The Balaban J connectivity index is 2.42. The van der Waals surface area contributed by atoms with Crippen LogP contribution in [0.25, 0.3) is 0 Å².